The molecule has 0 aliphatic heterocycles. The number of anilines is 1. The Labute approximate surface area is 224 Å². The van der Waals surface area contributed by atoms with Crippen molar-refractivity contribution < 1.29 is 21.9 Å². The van der Waals surface area contributed by atoms with Gasteiger partial charge in [0, 0.05) is 12.0 Å². The van der Waals surface area contributed by atoms with Gasteiger partial charge in [-0.15, -0.1) is 5.10 Å². The zero-order valence-electron chi connectivity index (χ0n) is 21.6. The van der Waals surface area contributed by atoms with E-state index in [-0.39, 0.29) is 34.5 Å². The Kier molecular flexibility index (Phi) is 7.39. The molecule has 0 spiro atoms. The fourth-order valence-electron chi connectivity index (χ4n) is 5.03. The van der Waals surface area contributed by atoms with Crippen molar-refractivity contribution in [1.82, 2.24) is 19.6 Å². The summed E-state index contributed by atoms with van der Waals surface area (Å²) >= 11 is 0. The van der Waals surface area contributed by atoms with Gasteiger partial charge < -0.3 is 9.72 Å². The van der Waals surface area contributed by atoms with Gasteiger partial charge in [0.2, 0.25) is 0 Å². The Bertz CT molecular complexity index is 1690. The van der Waals surface area contributed by atoms with E-state index in [9.17, 15) is 22.0 Å². The molecule has 2 heterocycles. The van der Waals surface area contributed by atoms with Crippen molar-refractivity contribution in [2.24, 2.45) is 0 Å². The number of hydrogen-bond donors (Lipinski definition) is 2. The lowest BCUT2D eigenvalue weighted by Crippen LogP contribution is -2.17. The number of nitrogens with zero attached hydrogens (tertiary/aromatic N) is 3. The van der Waals surface area contributed by atoms with Crippen molar-refractivity contribution >= 4 is 21.2 Å². The second-order valence-corrected chi connectivity index (χ2v) is 11.3. The first-order valence-corrected chi connectivity index (χ1v) is 14.4. The summed E-state index contributed by atoms with van der Waals surface area (Å²) in [5.74, 6) is -0.956. The number of aromatic nitrogens is 4. The van der Waals surface area contributed by atoms with Crippen LogP contribution in [0, 0.1) is 18.6 Å². The monoisotopic (exact) mass is 557 g/mol. The average Bonchev–Trinajstić information content (AvgIpc) is 3.05. The Balaban J connectivity index is 1.61. The summed E-state index contributed by atoms with van der Waals surface area (Å²) in [6.07, 6.45) is 6.39. The summed E-state index contributed by atoms with van der Waals surface area (Å²) in [5, 5.41) is 4.72. The number of fused-ring (bicyclic) bond motifs is 1. The number of benzene rings is 2. The molecule has 5 rings (SSSR count). The van der Waals surface area contributed by atoms with Gasteiger partial charge in [0.05, 0.1) is 28.4 Å². The molecule has 0 bridgehead atoms. The number of H-pyrrole nitrogens is 1. The highest BCUT2D eigenvalue weighted by atomic mass is 32.2. The molecule has 2 aromatic carbocycles. The highest BCUT2D eigenvalue weighted by Crippen LogP contribution is 2.34. The van der Waals surface area contributed by atoms with Crippen LogP contribution in [-0.2, 0) is 10.0 Å². The summed E-state index contributed by atoms with van der Waals surface area (Å²) in [6.45, 7) is 3.84. The van der Waals surface area contributed by atoms with E-state index in [2.05, 4.69) is 9.71 Å². The van der Waals surface area contributed by atoms with Crippen LogP contribution in [0.25, 0.3) is 16.9 Å². The molecule has 1 saturated carbocycles. The predicted octanol–water partition coefficient (Wildman–Crippen LogP) is 5.31. The fraction of sp³-hybridized carbons (Fsp3) is 0.370. The minimum atomic E-state index is -4.22. The molecule has 206 valence electrons. The van der Waals surface area contributed by atoms with Crippen LogP contribution in [0.1, 0.15) is 62.9 Å². The number of sulfonamides is 1. The number of aryl methyl sites for hydroxylation is 1. The molecule has 2 N–H and O–H groups in total. The molecule has 9 nitrogen and oxygen atoms in total. The van der Waals surface area contributed by atoms with Gasteiger partial charge in [0.25, 0.3) is 15.6 Å². The minimum absolute atomic E-state index is 0.119. The molecule has 0 amide bonds. The molecule has 2 aromatic heterocycles. The van der Waals surface area contributed by atoms with Gasteiger partial charge in [0.1, 0.15) is 11.6 Å². The van der Waals surface area contributed by atoms with Crippen LogP contribution >= 0.6 is 0 Å². The van der Waals surface area contributed by atoms with Crippen molar-refractivity contribution in [3.8, 4) is 17.1 Å². The van der Waals surface area contributed by atoms with E-state index < -0.39 is 27.2 Å². The Hall–Kier alpha value is -3.80. The normalized spacial score (nSPS) is 14.9. The molecule has 0 saturated heterocycles. The predicted molar refractivity (Wildman–Crippen MR) is 143 cm³/mol. The van der Waals surface area contributed by atoms with Crippen LogP contribution in [0.15, 0.2) is 46.1 Å². The third-order valence-electron chi connectivity index (χ3n) is 6.91. The molecule has 1 aliphatic rings. The van der Waals surface area contributed by atoms with E-state index in [1.807, 2.05) is 0 Å². The molecule has 12 heteroatoms. The second-order valence-electron chi connectivity index (χ2n) is 9.63. The quantitative estimate of drug-likeness (QED) is 0.298. The number of ether oxygens (including phenoxy) is 1. The van der Waals surface area contributed by atoms with E-state index >= 15 is 0 Å². The summed E-state index contributed by atoms with van der Waals surface area (Å²) in [7, 11) is -4.22. The van der Waals surface area contributed by atoms with Gasteiger partial charge >= 0.3 is 0 Å². The molecular weight excluding hydrogens is 528 g/mol. The first kappa shape index (κ1) is 26.8. The number of imidazole rings is 1. The lowest BCUT2D eigenvalue weighted by molar-refractivity contribution is 0.341. The minimum Gasteiger partial charge on any atom is -0.493 e. The summed E-state index contributed by atoms with van der Waals surface area (Å²) in [5.41, 5.74) is 0.633. The van der Waals surface area contributed by atoms with Crippen molar-refractivity contribution in [3.63, 3.8) is 0 Å². The summed E-state index contributed by atoms with van der Waals surface area (Å²) in [4.78, 5) is 20.5. The molecule has 0 atom stereocenters. The highest BCUT2D eigenvalue weighted by Gasteiger charge is 2.25. The molecule has 1 aliphatic carbocycles. The van der Waals surface area contributed by atoms with Gasteiger partial charge in [0.15, 0.2) is 23.0 Å². The van der Waals surface area contributed by atoms with Crippen LogP contribution in [0.5, 0.6) is 5.75 Å². The third-order valence-corrected chi connectivity index (χ3v) is 8.29. The van der Waals surface area contributed by atoms with Crippen LogP contribution < -0.4 is 15.0 Å². The van der Waals surface area contributed by atoms with Crippen LogP contribution in [-0.4, -0.2) is 34.6 Å². The van der Waals surface area contributed by atoms with E-state index in [4.69, 9.17) is 14.8 Å². The van der Waals surface area contributed by atoms with Gasteiger partial charge in [-0.3, -0.25) is 9.52 Å². The van der Waals surface area contributed by atoms with Crippen molar-refractivity contribution in [2.45, 2.75) is 63.2 Å². The molecular formula is C27H29F2N5O4S. The van der Waals surface area contributed by atoms with Crippen LogP contribution in [0.4, 0.5) is 14.5 Å². The van der Waals surface area contributed by atoms with Gasteiger partial charge in [-0.2, -0.15) is 0 Å². The number of rotatable bonds is 7. The lowest BCUT2D eigenvalue weighted by atomic mass is 10.00. The Morgan fingerprint density at radius 1 is 1.08 bits per heavy atom. The first-order chi connectivity index (χ1) is 18.7. The standard InChI is InChI=1S/C27H29F2N5O4S/c1-3-38-23-13-11-19(39(36,37)33-18-10-12-21(28)22(29)14-18)15-20(23)25-31-27(35)24-16(2)30-26(34(24)32-25)17-8-6-4-5-7-9-17/h10-15,17,33H,3-9H2,1-2H3,(H,31,32,35). The first-order valence-electron chi connectivity index (χ1n) is 12.9. The SMILES string of the molecule is CCOc1ccc(S(=O)(=O)Nc2ccc(F)c(F)c2)cc1-c1nn2c(C3CCCCCC3)nc(C)c2c(=O)[nH]1. The van der Waals surface area contributed by atoms with Gasteiger partial charge in [-0.1, -0.05) is 25.7 Å². The van der Waals surface area contributed by atoms with Crippen LogP contribution in [0.2, 0.25) is 0 Å². The summed E-state index contributed by atoms with van der Waals surface area (Å²) < 4.78 is 62.8. The molecule has 0 radical (unpaired) electrons. The largest absolute Gasteiger partial charge is 0.493 e. The Morgan fingerprint density at radius 2 is 1.82 bits per heavy atom. The zero-order valence-corrected chi connectivity index (χ0v) is 22.4. The molecule has 4 aromatic rings. The number of nitrogens with one attached hydrogen (secondary N) is 2. The van der Waals surface area contributed by atoms with Crippen LogP contribution in [0.3, 0.4) is 0 Å². The molecule has 0 unspecified atom stereocenters. The maximum Gasteiger partial charge on any atom is 0.277 e. The van der Waals surface area contributed by atoms with E-state index in [1.165, 1.54) is 18.2 Å². The van der Waals surface area contributed by atoms with E-state index in [0.29, 0.717) is 17.0 Å². The van der Waals surface area contributed by atoms with Gasteiger partial charge in [-0.05, 0) is 57.0 Å². The van der Waals surface area contributed by atoms with E-state index in [1.54, 1.807) is 18.4 Å². The second kappa shape index (κ2) is 10.8. The molecule has 1 fully saturated rings. The smallest absolute Gasteiger partial charge is 0.277 e. The Morgan fingerprint density at radius 3 is 2.51 bits per heavy atom. The number of aromatic amines is 1. The summed E-state index contributed by atoms with van der Waals surface area (Å²) in [6, 6.07) is 6.83. The zero-order chi connectivity index (χ0) is 27.7. The maximum absolute atomic E-state index is 13.7. The lowest BCUT2D eigenvalue weighted by Gasteiger charge is -2.15. The number of hydrogen-bond acceptors (Lipinski definition) is 6. The van der Waals surface area contributed by atoms with Gasteiger partial charge in [-0.25, -0.2) is 26.7 Å². The third kappa shape index (κ3) is 5.38. The number of halogens is 2. The highest BCUT2D eigenvalue weighted by molar-refractivity contribution is 7.92. The molecule has 39 heavy (non-hydrogen) atoms. The van der Waals surface area contributed by atoms with Crippen molar-refractivity contribution in [1.29, 1.82) is 0 Å². The fourth-order valence-corrected chi connectivity index (χ4v) is 6.11. The van der Waals surface area contributed by atoms with Crippen molar-refractivity contribution in [3.05, 3.63) is 69.9 Å². The maximum atomic E-state index is 13.7. The topological polar surface area (TPSA) is 118 Å². The average molecular weight is 558 g/mol. The van der Waals surface area contributed by atoms with Crippen molar-refractivity contribution in [2.75, 3.05) is 11.3 Å². The van der Waals surface area contributed by atoms with E-state index in [0.717, 1.165) is 62.5 Å².